The fraction of sp³-hybridized carbons (Fsp3) is 0.500. The van der Waals surface area contributed by atoms with E-state index in [1.165, 1.54) is 12.8 Å². The van der Waals surface area contributed by atoms with Crippen molar-refractivity contribution < 1.29 is 9.59 Å². The number of aromatic nitrogens is 2. The van der Waals surface area contributed by atoms with Crippen molar-refractivity contribution >= 4 is 22.8 Å². The molecule has 0 saturated carbocycles. The zero-order chi connectivity index (χ0) is 26.1. The van der Waals surface area contributed by atoms with Crippen LogP contribution in [0.3, 0.4) is 0 Å². The quantitative estimate of drug-likeness (QED) is 0.524. The Morgan fingerprint density at radius 3 is 2.32 bits per heavy atom. The highest BCUT2D eigenvalue weighted by molar-refractivity contribution is 5.98. The van der Waals surface area contributed by atoms with Gasteiger partial charge in [0.15, 0.2) is 0 Å². The molecule has 0 aliphatic carbocycles. The molecule has 2 amide bonds. The average molecular weight is 515 g/mol. The van der Waals surface area contributed by atoms with Gasteiger partial charge in [0, 0.05) is 45.3 Å². The van der Waals surface area contributed by atoms with E-state index in [1.54, 1.807) is 4.90 Å². The minimum absolute atomic E-state index is 0.101. The fourth-order valence-corrected chi connectivity index (χ4v) is 6.44. The molecule has 8 nitrogen and oxygen atoms in total. The topological polar surface area (TPSA) is 64.9 Å². The van der Waals surface area contributed by atoms with Gasteiger partial charge in [0.25, 0.3) is 5.91 Å². The van der Waals surface area contributed by atoms with E-state index < -0.39 is 6.04 Å². The summed E-state index contributed by atoms with van der Waals surface area (Å²) in [6.07, 6.45) is 3.98. The number of piperazine rings is 1. The van der Waals surface area contributed by atoms with E-state index in [-0.39, 0.29) is 11.8 Å². The van der Waals surface area contributed by atoms with Crippen molar-refractivity contribution in [2.75, 3.05) is 52.9 Å². The molecule has 6 rings (SSSR count). The molecule has 0 radical (unpaired) electrons. The number of benzene rings is 2. The molecular formula is C30H38N6O2. The standard InChI is InChI=1S/C30H38N6O2/c1-32-16-13-24(14-17-32)33-18-20-34(21-19-33)29(37)27-12-7-15-35(27)30(38)28-31-25-10-5-6-11-26(25)36(28)22-23-8-3-2-4-9-23/h2-6,8-11,24,27H,7,12-22H2,1H3/t27-/m1/s1. The SMILES string of the molecule is CN1CCC(N2CCN(C(=O)[C@H]3CCCN3C(=O)c3nc4ccccc4n3Cc3ccccc3)CC2)CC1. The first-order valence-corrected chi connectivity index (χ1v) is 14.1. The lowest BCUT2D eigenvalue weighted by molar-refractivity contribution is -0.137. The second-order valence-electron chi connectivity index (χ2n) is 11.0. The molecule has 2 aromatic carbocycles. The van der Waals surface area contributed by atoms with Gasteiger partial charge in [-0.15, -0.1) is 0 Å². The fourth-order valence-electron chi connectivity index (χ4n) is 6.44. The van der Waals surface area contributed by atoms with Gasteiger partial charge < -0.3 is 19.3 Å². The van der Waals surface area contributed by atoms with Crippen LogP contribution < -0.4 is 0 Å². The minimum atomic E-state index is -0.401. The van der Waals surface area contributed by atoms with Crippen LogP contribution in [-0.4, -0.2) is 106 Å². The molecular weight excluding hydrogens is 476 g/mol. The summed E-state index contributed by atoms with van der Waals surface area (Å²) < 4.78 is 2.01. The number of nitrogens with zero attached hydrogens (tertiary/aromatic N) is 6. The van der Waals surface area contributed by atoms with Gasteiger partial charge in [-0.1, -0.05) is 42.5 Å². The Morgan fingerprint density at radius 1 is 0.842 bits per heavy atom. The van der Waals surface area contributed by atoms with E-state index in [2.05, 4.69) is 29.0 Å². The van der Waals surface area contributed by atoms with Gasteiger partial charge in [0.2, 0.25) is 11.7 Å². The third kappa shape index (κ3) is 4.95. The molecule has 200 valence electrons. The summed E-state index contributed by atoms with van der Waals surface area (Å²) in [7, 11) is 2.19. The van der Waals surface area contributed by atoms with Gasteiger partial charge in [-0.3, -0.25) is 14.5 Å². The molecule has 8 heteroatoms. The van der Waals surface area contributed by atoms with Crippen LogP contribution in [0.2, 0.25) is 0 Å². The van der Waals surface area contributed by atoms with Crippen LogP contribution in [0, 0.1) is 0 Å². The van der Waals surface area contributed by atoms with Crippen molar-refractivity contribution in [2.24, 2.45) is 0 Å². The maximum Gasteiger partial charge on any atom is 0.290 e. The van der Waals surface area contributed by atoms with E-state index in [1.807, 2.05) is 51.9 Å². The van der Waals surface area contributed by atoms with E-state index in [0.717, 1.165) is 68.7 Å². The molecule has 3 aromatic rings. The Hall–Kier alpha value is -3.23. The molecule has 1 atom stereocenters. The summed E-state index contributed by atoms with van der Waals surface area (Å²) in [5.41, 5.74) is 2.85. The lowest BCUT2D eigenvalue weighted by Crippen LogP contribution is -2.57. The van der Waals surface area contributed by atoms with Crippen molar-refractivity contribution in [3.63, 3.8) is 0 Å². The van der Waals surface area contributed by atoms with Crippen molar-refractivity contribution in [1.82, 2.24) is 29.2 Å². The molecule has 38 heavy (non-hydrogen) atoms. The molecule has 0 N–H and O–H groups in total. The van der Waals surface area contributed by atoms with Crippen LogP contribution in [0.4, 0.5) is 0 Å². The van der Waals surface area contributed by atoms with E-state index in [4.69, 9.17) is 4.98 Å². The lowest BCUT2D eigenvalue weighted by Gasteiger charge is -2.43. The van der Waals surface area contributed by atoms with Crippen LogP contribution in [0.1, 0.15) is 41.9 Å². The van der Waals surface area contributed by atoms with Crippen LogP contribution in [0.15, 0.2) is 54.6 Å². The first kappa shape index (κ1) is 25.1. The van der Waals surface area contributed by atoms with Gasteiger partial charge in [0.05, 0.1) is 11.0 Å². The summed E-state index contributed by atoms with van der Waals surface area (Å²) in [6.45, 7) is 6.80. The number of likely N-dealkylation sites (tertiary alicyclic amines) is 2. The third-order valence-corrected chi connectivity index (χ3v) is 8.66. The third-order valence-electron chi connectivity index (χ3n) is 8.66. The second-order valence-corrected chi connectivity index (χ2v) is 11.0. The smallest absolute Gasteiger partial charge is 0.290 e. The zero-order valence-electron chi connectivity index (χ0n) is 22.3. The number of carbonyl (C=O) groups is 2. The van der Waals surface area contributed by atoms with Crippen molar-refractivity contribution in [1.29, 1.82) is 0 Å². The minimum Gasteiger partial charge on any atom is -0.338 e. The molecule has 0 unspecified atom stereocenters. The molecule has 3 saturated heterocycles. The Balaban J connectivity index is 1.17. The van der Waals surface area contributed by atoms with Crippen molar-refractivity contribution in [2.45, 2.75) is 44.3 Å². The highest BCUT2D eigenvalue weighted by Gasteiger charge is 2.39. The largest absolute Gasteiger partial charge is 0.338 e. The van der Waals surface area contributed by atoms with E-state index >= 15 is 0 Å². The van der Waals surface area contributed by atoms with Gasteiger partial charge >= 0.3 is 0 Å². The van der Waals surface area contributed by atoms with Gasteiger partial charge in [-0.2, -0.15) is 0 Å². The monoisotopic (exact) mass is 514 g/mol. The zero-order valence-corrected chi connectivity index (χ0v) is 22.3. The summed E-state index contributed by atoms with van der Waals surface area (Å²) in [5.74, 6) is 0.379. The molecule has 0 bridgehead atoms. The number of para-hydroxylation sites is 2. The van der Waals surface area contributed by atoms with Crippen LogP contribution in [0.25, 0.3) is 11.0 Å². The highest BCUT2D eigenvalue weighted by atomic mass is 16.2. The number of carbonyl (C=O) groups excluding carboxylic acids is 2. The molecule has 0 spiro atoms. The number of imidazole rings is 1. The number of amides is 2. The Bertz CT molecular complexity index is 1270. The average Bonchev–Trinajstić information content (AvgIpc) is 3.59. The van der Waals surface area contributed by atoms with Crippen LogP contribution >= 0.6 is 0 Å². The van der Waals surface area contributed by atoms with E-state index in [9.17, 15) is 9.59 Å². The number of rotatable bonds is 5. The predicted molar refractivity (Wildman–Crippen MR) is 148 cm³/mol. The van der Waals surface area contributed by atoms with Gasteiger partial charge in [0.1, 0.15) is 6.04 Å². The Morgan fingerprint density at radius 2 is 1.55 bits per heavy atom. The first-order chi connectivity index (χ1) is 18.6. The van der Waals surface area contributed by atoms with Crippen molar-refractivity contribution in [3.8, 4) is 0 Å². The normalized spacial score (nSPS) is 21.9. The van der Waals surface area contributed by atoms with Gasteiger partial charge in [-0.05, 0) is 63.5 Å². The summed E-state index contributed by atoms with van der Waals surface area (Å²) in [6, 6.07) is 18.3. The van der Waals surface area contributed by atoms with Crippen molar-refractivity contribution in [3.05, 3.63) is 66.0 Å². The first-order valence-electron chi connectivity index (χ1n) is 14.1. The number of hydrogen-bond donors (Lipinski definition) is 0. The lowest BCUT2D eigenvalue weighted by atomic mass is 10.0. The maximum absolute atomic E-state index is 14.0. The Labute approximate surface area is 224 Å². The summed E-state index contributed by atoms with van der Waals surface area (Å²) in [4.78, 5) is 41.2. The number of piperidine rings is 1. The molecule has 3 aliphatic heterocycles. The van der Waals surface area contributed by atoms with Crippen LogP contribution in [0.5, 0.6) is 0 Å². The molecule has 3 fully saturated rings. The number of fused-ring (bicyclic) bond motifs is 1. The van der Waals surface area contributed by atoms with Gasteiger partial charge in [-0.25, -0.2) is 4.98 Å². The molecule has 4 heterocycles. The maximum atomic E-state index is 14.0. The van der Waals surface area contributed by atoms with E-state index in [0.29, 0.717) is 25.0 Å². The Kier molecular flexibility index (Phi) is 7.17. The summed E-state index contributed by atoms with van der Waals surface area (Å²) in [5, 5.41) is 0. The number of hydrogen-bond acceptors (Lipinski definition) is 5. The summed E-state index contributed by atoms with van der Waals surface area (Å²) >= 11 is 0. The highest BCUT2D eigenvalue weighted by Crippen LogP contribution is 2.26. The second kappa shape index (κ2) is 10.9. The van der Waals surface area contributed by atoms with Crippen LogP contribution in [-0.2, 0) is 11.3 Å². The molecule has 1 aromatic heterocycles. The predicted octanol–water partition coefficient (Wildman–Crippen LogP) is 2.93. The molecule has 3 aliphatic rings.